The second kappa shape index (κ2) is 3.90. The van der Waals surface area contributed by atoms with Crippen LogP contribution in [-0.2, 0) is 0 Å². The topological polar surface area (TPSA) is 45.5 Å². The number of amides is 1. The molecule has 0 spiro atoms. The van der Waals surface area contributed by atoms with Crippen molar-refractivity contribution in [2.24, 2.45) is 11.8 Å². The molecule has 4 aliphatic rings. The summed E-state index contributed by atoms with van der Waals surface area (Å²) in [5.74, 6) is 1.68. The van der Waals surface area contributed by atoms with E-state index in [9.17, 15) is 4.79 Å². The molecule has 4 bridgehead atoms. The monoisotopic (exact) mass is 346 g/mol. The molecule has 3 aliphatic heterocycles. The summed E-state index contributed by atoms with van der Waals surface area (Å²) in [7, 11) is 0. The largest absolute Gasteiger partial charge is 0.450 e. The lowest BCUT2D eigenvalue weighted by Crippen LogP contribution is -2.47. The summed E-state index contributed by atoms with van der Waals surface area (Å²) in [6.07, 6.45) is 1.22. The second-order valence-electron chi connectivity index (χ2n) is 6.50. The van der Waals surface area contributed by atoms with E-state index in [0.717, 1.165) is 28.5 Å². The first-order chi connectivity index (χ1) is 10.2. The Balaban J connectivity index is 1.45. The molecule has 21 heavy (non-hydrogen) atoms. The third-order valence-corrected chi connectivity index (χ3v) is 6.09. The average molecular weight is 347 g/mol. The lowest BCUT2D eigenvalue weighted by Gasteiger charge is -2.29. The number of hydrogen-bond donors (Lipinski definition) is 1. The predicted octanol–water partition coefficient (Wildman–Crippen LogP) is 2.63. The molecule has 1 saturated carbocycles. The molecule has 2 aromatic rings. The van der Waals surface area contributed by atoms with Gasteiger partial charge in [-0.3, -0.25) is 4.79 Å². The van der Waals surface area contributed by atoms with Gasteiger partial charge >= 0.3 is 0 Å². The zero-order valence-electron chi connectivity index (χ0n) is 11.4. The van der Waals surface area contributed by atoms with Crippen molar-refractivity contribution >= 4 is 32.8 Å². The van der Waals surface area contributed by atoms with Crippen LogP contribution in [0.1, 0.15) is 17.0 Å². The molecule has 6 rings (SSSR count). The maximum absolute atomic E-state index is 12.6. The maximum Gasteiger partial charge on any atom is 0.287 e. The molecule has 1 N–H and O–H groups in total. The summed E-state index contributed by atoms with van der Waals surface area (Å²) in [6, 6.07) is 7.66. The van der Waals surface area contributed by atoms with Crippen molar-refractivity contribution in [1.29, 1.82) is 0 Å². The number of rotatable bonds is 2. The van der Waals surface area contributed by atoms with E-state index in [1.54, 1.807) is 0 Å². The summed E-state index contributed by atoms with van der Waals surface area (Å²) < 4.78 is 6.62. The number of halogens is 1. The van der Waals surface area contributed by atoms with Crippen LogP contribution in [0.2, 0.25) is 0 Å². The van der Waals surface area contributed by atoms with Gasteiger partial charge in [-0.1, -0.05) is 12.1 Å². The molecule has 4 atom stereocenters. The van der Waals surface area contributed by atoms with E-state index < -0.39 is 0 Å². The highest BCUT2D eigenvalue weighted by Crippen LogP contribution is 2.60. The molecule has 4 heterocycles. The van der Waals surface area contributed by atoms with Crippen molar-refractivity contribution in [2.45, 2.75) is 12.0 Å². The van der Waals surface area contributed by atoms with Crippen LogP contribution in [0.3, 0.4) is 0 Å². The van der Waals surface area contributed by atoms with Crippen molar-refractivity contribution in [3.05, 3.63) is 34.5 Å². The van der Waals surface area contributed by atoms with Crippen LogP contribution in [-0.4, -0.2) is 36.0 Å². The molecule has 0 radical (unpaired) electrons. The van der Waals surface area contributed by atoms with Crippen molar-refractivity contribution < 1.29 is 9.21 Å². The van der Waals surface area contributed by atoms with Gasteiger partial charge in [0.2, 0.25) is 0 Å². The highest BCUT2D eigenvalue weighted by molar-refractivity contribution is 9.10. The number of carbonyl (C=O) groups is 1. The first kappa shape index (κ1) is 12.2. The number of benzene rings is 1. The smallest absolute Gasteiger partial charge is 0.287 e. The Bertz CT molecular complexity index is 765. The fourth-order valence-corrected chi connectivity index (χ4v) is 4.89. The number of nitrogens with zero attached hydrogens (tertiary/aromatic N) is 1. The highest BCUT2D eigenvalue weighted by atomic mass is 79.9. The summed E-state index contributed by atoms with van der Waals surface area (Å²) in [4.78, 5) is 15.0. The minimum Gasteiger partial charge on any atom is -0.450 e. The lowest BCUT2D eigenvalue weighted by molar-refractivity contribution is 0.0884. The molecule has 1 aromatic heterocycles. The van der Waals surface area contributed by atoms with E-state index in [-0.39, 0.29) is 11.4 Å². The van der Waals surface area contributed by atoms with E-state index >= 15 is 0 Å². The SMILES string of the molecule is O=C(N[C@@]12CN3CCC1C2C3)c1cc2cccc(Br)c2o1. The van der Waals surface area contributed by atoms with Crippen molar-refractivity contribution in [1.82, 2.24) is 10.2 Å². The molecule has 1 aliphatic carbocycles. The Kier molecular flexibility index (Phi) is 2.27. The van der Waals surface area contributed by atoms with Crippen LogP contribution >= 0.6 is 15.9 Å². The van der Waals surface area contributed by atoms with E-state index in [1.165, 1.54) is 13.0 Å². The predicted molar refractivity (Wildman–Crippen MR) is 82.1 cm³/mol. The molecule has 1 amide bonds. The zero-order valence-corrected chi connectivity index (χ0v) is 13.0. The fraction of sp³-hybridized carbons (Fsp3) is 0.438. The number of nitrogens with one attached hydrogen (secondary N) is 1. The number of para-hydroxylation sites is 1. The van der Waals surface area contributed by atoms with Gasteiger partial charge in [-0.2, -0.15) is 0 Å². The normalized spacial score (nSPS) is 36.0. The summed E-state index contributed by atoms with van der Waals surface area (Å²) in [5.41, 5.74) is 0.773. The van der Waals surface area contributed by atoms with E-state index in [2.05, 4.69) is 26.1 Å². The Labute approximate surface area is 130 Å². The van der Waals surface area contributed by atoms with Gasteiger partial charge in [0.15, 0.2) is 5.76 Å². The van der Waals surface area contributed by atoms with Gasteiger partial charge < -0.3 is 14.6 Å². The van der Waals surface area contributed by atoms with Gasteiger partial charge in [-0.05, 0) is 46.9 Å². The third kappa shape index (κ3) is 1.56. The quantitative estimate of drug-likeness (QED) is 0.909. The highest BCUT2D eigenvalue weighted by Gasteiger charge is 2.71. The first-order valence-electron chi connectivity index (χ1n) is 7.40. The van der Waals surface area contributed by atoms with E-state index in [4.69, 9.17) is 4.42 Å². The van der Waals surface area contributed by atoms with Crippen molar-refractivity contribution in [2.75, 3.05) is 19.6 Å². The Morgan fingerprint density at radius 1 is 1.43 bits per heavy atom. The zero-order chi connectivity index (χ0) is 14.2. The first-order valence-corrected chi connectivity index (χ1v) is 8.20. The second-order valence-corrected chi connectivity index (χ2v) is 7.35. The number of piperidine rings is 3. The van der Waals surface area contributed by atoms with E-state index in [0.29, 0.717) is 17.6 Å². The van der Waals surface area contributed by atoms with Crippen LogP contribution < -0.4 is 5.32 Å². The van der Waals surface area contributed by atoms with E-state index in [1.807, 2.05) is 24.3 Å². The maximum atomic E-state index is 12.6. The molecular weight excluding hydrogens is 332 g/mol. The van der Waals surface area contributed by atoms with Crippen LogP contribution in [0.25, 0.3) is 11.0 Å². The summed E-state index contributed by atoms with van der Waals surface area (Å²) in [5, 5.41) is 4.22. The molecular formula is C16H15BrN2O2. The molecule has 108 valence electrons. The number of furan rings is 1. The minimum atomic E-state index is -0.0747. The van der Waals surface area contributed by atoms with Crippen LogP contribution in [0.15, 0.2) is 33.2 Å². The van der Waals surface area contributed by atoms with Gasteiger partial charge in [0.1, 0.15) is 5.58 Å². The Hall–Kier alpha value is -1.33. The molecule has 3 unspecified atom stereocenters. The van der Waals surface area contributed by atoms with Crippen LogP contribution in [0, 0.1) is 11.8 Å². The van der Waals surface area contributed by atoms with Crippen molar-refractivity contribution in [3.8, 4) is 0 Å². The van der Waals surface area contributed by atoms with Crippen LogP contribution in [0.4, 0.5) is 0 Å². The lowest BCUT2D eigenvalue weighted by atomic mass is 10.1. The number of hydrogen-bond acceptors (Lipinski definition) is 3. The molecule has 1 aromatic carbocycles. The van der Waals surface area contributed by atoms with Gasteiger partial charge in [0.25, 0.3) is 5.91 Å². The van der Waals surface area contributed by atoms with Crippen molar-refractivity contribution in [3.63, 3.8) is 0 Å². The van der Waals surface area contributed by atoms with Gasteiger partial charge in [-0.25, -0.2) is 0 Å². The van der Waals surface area contributed by atoms with Crippen LogP contribution in [0.5, 0.6) is 0 Å². The fourth-order valence-electron chi connectivity index (χ4n) is 4.43. The molecule has 5 heteroatoms. The Morgan fingerprint density at radius 3 is 3.00 bits per heavy atom. The summed E-state index contributed by atoms with van der Waals surface area (Å²) >= 11 is 3.46. The minimum absolute atomic E-state index is 0.0333. The third-order valence-electron chi connectivity index (χ3n) is 5.46. The molecule has 3 saturated heterocycles. The number of fused-ring (bicyclic) bond motifs is 2. The number of carbonyl (C=O) groups excluding carboxylic acids is 1. The van der Waals surface area contributed by atoms with Gasteiger partial charge in [-0.15, -0.1) is 0 Å². The Morgan fingerprint density at radius 2 is 2.33 bits per heavy atom. The molecule has 4 fully saturated rings. The summed E-state index contributed by atoms with van der Waals surface area (Å²) in [6.45, 7) is 3.35. The molecule has 4 nitrogen and oxygen atoms in total. The van der Waals surface area contributed by atoms with Gasteiger partial charge in [0.05, 0.1) is 10.0 Å². The standard InChI is InChI=1S/C16H15BrN2O2/c17-12-3-1-2-9-6-13(21-14(9)12)15(20)18-16-8-19-5-4-10(16)11(16)7-19/h1-3,6,10-11H,4-5,7-8H2,(H,18,20)/t10?,11?,16-/m0/s1. The van der Waals surface area contributed by atoms with Gasteiger partial charge in [0, 0.05) is 24.4 Å². The average Bonchev–Trinajstić information content (AvgIpc) is 2.84.